The summed E-state index contributed by atoms with van der Waals surface area (Å²) in [7, 11) is 0. The Kier molecular flexibility index (Phi) is 13.2. The summed E-state index contributed by atoms with van der Waals surface area (Å²) in [6.07, 6.45) is 27.0. The van der Waals surface area contributed by atoms with E-state index < -0.39 is 0 Å². The molecule has 1 fully saturated rings. The zero-order valence-electron chi connectivity index (χ0n) is 22.6. The van der Waals surface area contributed by atoms with E-state index in [1.54, 1.807) is 0 Å². The summed E-state index contributed by atoms with van der Waals surface area (Å²) in [5, 5.41) is 0. The molecule has 0 spiro atoms. The molecule has 3 nitrogen and oxygen atoms in total. The van der Waals surface area contributed by atoms with Gasteiger partial charge in [0.25, 0.3) is 0 Å². The van der Waals surface area contributed by atoms with Gasteiger partial charge in [-0.1, -0.05) is 104 Å². The molecule has 0 unspecified atom stereocenters. The van der Waals surface area contributed by atoms with Gasteiger partial charge in [-0.2, -0.15) is 0 Å². The average molecular weight is 479 g/mol. The van der Waals surface area contributed by atoms with Crippen molar-refractivity contribution < 1.29 is 4.74 Å². The normalized spacial score (nSPS) is 18.0. The van der Waals surface area contributed by atoms with Crippen LogP contribution < -0.4 is 4.74 Å². The first-order chi connectivity index (χ1) is 17.3. The van der Waals surface area contributed by atoms with Gasteiger partial charge in [0, 0.05) is 18.0 Å². The summed E-state index contributed by atoms with van der Waals surface area (Å²) in [4.78, 5) is 9.32. The molecule has 1 heterocycles. The molecule has 194 valence electrons. The molecule has 0 bridgehead atoms. The first-order valence-corrected chi connectivity index (χ1v) is 14.8. The molecule has 0 radical (unpaired) electrons. The Morgan fingerprint density at radius 1 is 0.686 bits per heavy atom. The second-order valence-corrected chi connectivity index (χ2v) is 10.8. The monoisotopic (exact) mass is 478 g/mol. The molecule has 1 aliphatic carbocycles. The Bertz CT molecular complexity index is 778. The van der Waals surface area contributed by atoms with E-state index in [9.17, 15) is 0 Å². The van der Waals surface area contributed by atoms with E-state index in [1.807, 2.05) is 24.5 Å². The fourth-order valence-corrected chi connectivity index (χ4v) is 5.43. The molecule has 3 heteroatoms. The third-order valence-corrected chi connectivity index (χ3v) is 7.86. The van der Waals surface area contributed by atoms with Crippen LogP contribution in [0.4, 0.5) is 0 Å². The Labute approximate surface area is 215 Å². The molecular weight excluding hydrogens is 428 g/mol. The van der Waals surface area contributed by atoms with E-state index >= 15 is 0 Å². The van der Waals surface area contributed by atoms with Crippen molar-refractivity contribution in [2.24, 2.45) is 11.8 Å². The van der Waals surface area contributed by atoms with Crippen LogP contribution in [-0.4, -0.2) is 16.6 Å². The lowest BCUT2D eigenvalue weighted by Gasteiger charge is -2.28. The molecule has 35 heavy (non-hydrogen) atoms. The molecule has 3 rings (SSSR count). The van der Waals surface area contributed by atoms with Gasteiger partial charge in [0.05, 0.1) is 6.61 Å². The lowest BCUT2D eigenvalue weighted by atomic mass is 9.78. The lowest BCUT2D eigenvalue weighted by Crippen LogP contribution is -2.15. The Balaban J connectivity index is 1.31. The van der Waals surface area contributed by atoms with Crippen LogP contribution in [0.25, 0.3) is 11.4 Å². The first kappa shape index (κ1) is 27.7. The van der Waals surface area contributed by atoms with E-state index in [-0.39, 0.29) is 0 Å². The largest absolute Gasteiger partial charge is 0.494 e. The maximum atomic E-state index is 5.94. The fraction of sp³-hybridized carbons (Fsp3) is 0.688. The van der Waals surface area contributed by atoms with Crippen molar-refractivity contribution in [3.8, 4) is 17.1 Å². The van der Waals surface area contributed by atoms with Crippen molar-refractivity contribution in [3.05, 3.63) is 42.2 Å². The van der Waals surface area contributed by atoms with Gasteiger partial charge in [-0.15, -0.1) is 0 Å². The third-order valence-electron chi connectivity index (χ3n) is 7.86. The SMILES string of the molecule is CCCCCCCCCCOc1ccc(-c2ncc(CCC3CCC(CCCC)CC3)cn2)cc1. The second-order valence-electron chi connectivity index (χ2n) is 10.8. The van der Waals surface area contributed by atoms with E-state index in [1.165, 1.54) is 102 Å². The maximum Gasteiger partial charge on any atom is 0.159 e. The number of nitrogens with zero attached hydrogens (tertiary/aromatic N) is 2. The summed E-state index contributed by atoms with van der Waals surface area (Å²) < 4.78 is 5.94. The smallest absolute Gasteiger partial charge is 0.159 e. The molecular formula is C32H50N2O. The Morgan fingerprint density at radius 2 is 1.26 bits per heavy atom. The molecule has 1 aliphatic rings. The van der Waals surface area contributed by atoms with Gasteiger partial charge in [-0.3, -0.25) is 0 Å². The topological polar surface area (TPSA) is 35.0 Å². The third kappa shape index (κ3) is 10.7. The molecule has 0 N–H and O–H groups in total. The number of unbranched alkanes of at least 4 members (excludes halogenated alkanes) is 8. The van der Waals surface area contributed by atoms with Crippen molar-refractivity contribution in [2.75, 3.05) is 6.61 Å². The molecule has 0 atom stereocenters. The zero-order valence-corrected chi connectivity index (χ0v) is 22.6. The Hall–Kier alpha value is -1.90. The van der Waals surface area contributed by atoms with E-state index in [4.69, 9.17) is 4.74 Å². The highest BCUT2D eigenvalue weighted by Gasteiger charge is 2.20. The highest BCUT2D eigenvalue weighted by Crippen LogP contribution is 2.34. The van der Waals surface area contributed by atoms with Crippen LogP contribution in [0.1, 0.15) is 122 Å². The van der Waals surface area contributed by atoms with Gasteiger partial charge < -0.3 is 4.74 Å². The minimum Gasteiger partial charge on any atom is -0.494 e. The number of ether oxygens (including phenoxy) is 1. The highest BCUT2D eigenvalue weighted by molar-refractivity contribution is 5.55. The van der Waals surface area contributed by atoms with Gasteiger partial charge in [0.1, 0.15) is 5.75 Å². The molecule has 1 aromatic carbocycles. The molecule has 1 saturated carbocycles. The Morgan fingerprint density at radius 3 is 1.89 bits per heavy atom. The predicted octanol–water partition coefficient (Wildman–Crippen LogP) is 9.59. The predicted molar refractivity (Wildman–Crippen MR) is 149 cm³/mol. The first-order valence-electron chi connectivity index (χ1n) is 14.8. The minimum atomic E-state index is 0.805. The maximum absolute atomic E-state index is 5.94. The van der Waals surface area contributed by atoms with Crippen molar-refractivity contribution in [2.45, 2.75) is 123 Å². The number of hydrogen-bond donors (Lipinski definition) is 0. The number of hydrogen-bond acceptors (Lipinski definition) is 3. The second kappa shape index (κ2) is 16.7. The van der Waals surface area contributed by atoms with Gasteiger partial charge >= 0.3 is 0 Å². The van der Waals surface area contributed by atoms with Crippen LogP contribution >= 0.6 is 0 Å². The van der Waals surface area contributed by atoms with Crippen LogP contribution in [0, 0.1) is 11.8 Å². The molecule has 1 aromatic heterocycles. The summed E-state index contributed by atoms with van der Waals surface area (Å²) >= 11 is 0. The number of aryl methyl sites for hydroxylation is 1. The summed E-state index contributed by atoms with van der Waals surface area (Å²) in [6, 6.07) is 8.26. The summed E-state index contributed by atoms with van der Waals surface area (Å²) in [5.41, 5.74) is 2.33. The summed E-state index contributed by atoms with van der Waals surface area (Å²) in [6.45, 7) is 5.38. The van der Waals surface area contributed by atoms with E-state index in [0.29, 0.717) is 0 Å². The van der Waals surface area contributed by atoms with Gasteiger partial charge in [0.15, 0.2) is 5.82 Å². The van der Waals surface area contributed by atoms with E-state index in [0.717, 1.165) is 48.4 Å². The van der Waals surface area contributed by atoms with Gasteiger partial charge in [-0.25, -0.2) is 9.97 Å². The van der Waals surface area contributed by atoms with Crippen LogP contribution in [0.3, 0.4) is 0 Å². The molecule has 0 saturated heterocycles. The van der Waals surface area contributed by atoms with Crippen molar-refractivity contribution in [1.82, 2.24) is 9.97 Å². The summed E-state index contributed by atoms with van der Waals surface area (Å²) in [5.74, 6) is 3.64. The molecule has 0 aliphatic heterocycles. The lowest BCUT2D eigenvalue weighted by molar-refractivity contribution is 0.250. The fourth-order valence-electron chi connectivity index (χ4n) is 5.43. The van der Waals surface area contributed by atoms with Crippen molar-refractivity contribution >= 4 is 0 Å². The molecule has 2 aromatic rings. The minimum absolute atomic E-state index is 0.805. The number of rotatable bonds is 17. The standard InChI is InChI=1S/C32H50N2O/c1-3-5-7-8-9-10-11-12-24-35-31-22-20-30(21-23-31)32-33-25-29(26-34-32)19-18-28-16-14-27(15-17-28)13-6-4-2/h20-23,25-28H,3-19,24H2,1-2H3. The molecule has 0 amide bonds. The highest BCUT2D eigenvalue weighted by atomic mass is 16.5. The van der Waals surface area contributed by atoms with Gasteiger partial charge in [0.2, 0.25) is 0 Å². The van der Waals surface area contributed by atoms with Crippen molar-refractivity contribution in [1.29, 1.82) is 0 Å². The zero-order chi connectivity index (χ0) is 24.6. The van der Waals surface area contributed by atoms with Crippen LogP contribution in [0.2, 0.25) is 0 Å². The van der Waals surface area contributed by atoms with Gasteiger partial charge in [-0.05, 0) is 60.9 Å². The van der Waals surface area contributed by atoms with Crippen LogP contribution in [-0.2, 0) is 6.42 Å². The average Bonchev–Trinajstić information content (AvgIpc) is 2.91. The van der Waals surface area contributed by atoms with E-state index in [2.05, 4.69) is 35.9 Å². The van der Waals surface area contributed by atoms with Crippen LogP contribution in [0.5, 0.6) is 5.75 Å². The number of benzene rings is 1. The quantitative estimate of drug-likeness (QED) is 0.212. The van der Waals surface area contributed by atoms with Crippen LogP contribution in [0.15, 0.2) is 36.7 Å². The van der Waals surface area contributed by atoms with Crippen molar-refractivity contribution in [3.63, 3.8) is 0 Å². The number of aromatic nitrogens is 2.